The zero-order valence-corrected chi connectivity index (χ0v) is 11.5. The van der Waals surface area contributed by atoms with E-state index in [1.807, 2.05) is 24.0 Å². The van der Waals surface area contributed by atoms with Gasteiger partial charge in [-0.3, -0.25) is 9.69 Å². The highest BCUT2D eigenvalue weighted by molar-refractivity contribution is 7.13. The fourth-order valence-corrected chi connectivity index (χ4v) is 3.36. The van der Waals surface area contributed by atoms with E-state index in [4.69, 9.17) is 0 Å². The van der Waals surface area contributed by atoms with Gasteiger partial charge in [0.15, 0.2) is 0 Å². The summed E-state index contributed by atoms with van der Waals surface area (Å²) in [6.45, 7) is 8.03. The Morgan fingerprint density at radius 1 is 1.28 bits per heavy atom. The van der Waals surface area contributed by atoms with E-state index < -0.39 is 0 Å². The van der Waals surface area contributed by atoms with Gasteiger partial charge < -0.3 is 10.2 Å². The third-order valence-corrected chi connectivity index (χ3v) is 4.82. The largest absolute Gasteiger partial charge is 0.335 e. The second kappa shape index (κ2) is 4.99. The Labute approximate surface area is 112 Å². The van der Waals surface area contributed by atoms with Crippen molar-refractivity contribution in [3.05, 3.63) is 21.9 Å². The molecular weight excluding hydrogens is 246 g/mol. The normalized spacial score (nSPS) is 21.9. The molecule has 1 N–H and O–H groups in total. The lowest BCUT2D eigenvalue weighted by Gasteiger charge is -2.43. The van der Waals surface area contributed by atoms with Crippen LogP contribution in [0.15, 0.2) is 12.1 Å². The number of carbonyl (C=O) groups excluding carboxylic acids is 1. The molecule has 2 fully saturated rings. The van der Waals surface area contributed by atoms with E-state index in [9.17, 15) is 4.79 Å². The number of hydrogen-bond donors (Lipinski definition) is 1. The number of amides is 1. The van der Waals surface area contributed by atoms with Gasteiger partial charge in [-0.15, -0.1) is 11.3 Å². The maximum absolute atomic E-state index is 12.3. The Kier molecular flexibility index (Phi) is 3.37. The molecule has 98 valence electrons. The molecule has 3 heterocycles. The number of hydrogen-bond acceptors (Lipinski definition) is 4. The highest BCUT2D eigenvalue weighted by Crippen LogP contribution is 2.18. The van der Waals surface area contributed by atoms with Crippen LogP contribution in [0.3, 0.4) is 0 Å². The van der Waals surface area contributed by atoms with Gasteiger partial charge in [0.1, 0.15) is 0 Å². The summed E-state index contributed by atoms with van der Waals surface area (Å²) >= 11 is 1.60. The van der Waals surface area contributed by atoms with Crippen molar-refractivity contribution in [3.8, 4) is 0 Å². The third kappa shape index (κ3) is 2.30. The molecule has 4 nitrogen and oxygen atoms in total. The van der Waals surface area contributed by atoms with Crippen LogP contribution in [-0.4, -0.2) is 61.0 Å². The molecule has 0 aromatic carbocycles. The minimum atomic E-state index is 0.208. The summed E-state index contributed by atoms with van der Waals surface area (Å²) in [7, 11) is 0. The Morgan fingerprint density at radius 2 is 2.00 bits per heavy atom. The standard InChI is InChI=1S/C13H19N3OS/c1-10-2-3-12(18-10)13(17)16-6-4-15(5-7-16)11-8-14-9-11/h2-3,11,14H,4-9H2,1H3. The first kappa shape index (κ1) is 12.1. The summed E-state index contributed by atoms with van der Waals surface area (Å²) < 4.78 is 0. The molecule has 0 saturated carbocycles. The van der Waals surface area contributed by atoms with E-state index in [-0.39, 0.29) is 5.91 Å². The first-order valence-electron chi connectivity index (χ1n) is 6.54. The number of nitrogens with zero attached hydrogens (tertiary/aromatic N) is 2. The van der Waals surface area contributed by atoms with Gasteiger partial charge in [0.2, 0.25) is 0 Å². The average molecular weight is 265 g/mol. The molecule has 0 bridgehead atoms. The number of piperazine rings is 1. The molecule has 0 atom stereocenters. The van der Waals surface area contributed by atoms with E-state index in [0.717, 1.165) is 44.1 Å². The highest BCUT2D eigenvalue weighted by Gasteiger charge is 2.29. The van der Waals surface area contributed by atoms with Crippen molar-refractivity contribution < 1.29 is 4.79 Å². The summed E-state index contributed by atoms with van der Waals surface area (Å²) in [5.74, 6) is 0.208. The van der Waals surface area contributed by atoms with Gasteiger partial charge in [-0.05, 0) is 19.1 Å². The van der Waals surface area contributed by atoms with E-state index in [2.05, 4.69) is 10.2 Å². The van der Waals surface area contributed by atoms with Crippen LogP contribution in [-0.2, 0) is 0 Å². The fraction of sp³-hybridized carbons (Fsp3) is 0.615. The predicted octanol–water partition coefficient (Wildman–Crippen LogP) is 0.786. The van der Waals surface area contributed by atoms with Gasteiger partial charge in [0.05, 0.1) is 4.88 Å². The zero-order chi connectivity index (χ0) is 12.5. The lowest BCUT2D eigenvalue weighted by molar-refractivity contribution is 0.0506. The summed E-state index contributed by atoms with van der Waals surface area (Å²) in [6, 6.07) is 4.67. The molecule has 1 aromatic rings. The molecule has 18 heavy (non-hydrogen) atoms. The molecular formula is C13H19N3OS. The van der Waals surface area contributed by atoms with Gasteiger partial charge in [-0.1, -0.05) is 0 Å². The van der Waals surface area contributed by atoms with Gasteiger partial charge in [0.25, 0.3) is 5.91 Å². The minimum Gasteiger partial charge on any atom is -0.335 e. The molecule has 2 aliphatic heterocycles. The van der Waals surface area contributed by atoms with Gasteiger partial charge in [-0.25, -0.2) is 0 Å². The van der Waals surface area contributed by atoms with Crippen molar-refractivity contribution in [2.75, 3.05) is 39.3 Å². The number of carbonyl (C=O) groups is 1. The van der Waals surface area contributed by atoms with Crippen LogP contribution in [0, 0.1) is 6.92 Å². The van der Waals surface area contributed by atoms with Gasteiger partial charge in [0, 0.05) is 50.2 Å². The summed E-state index contributed by atoms with van der Waals surface area (Å²) in [4.78, 5) is 18.9. The van der Waals surface area contributed by atoms with Crippen LogP contribution < -0.4 is 5.32 Å². The Hall–Kier alpha value is -0.910. The van der Waals surface area contributed by atoms with Crippen molar-refractivity contribution >= 4 is 17.2 Å². The molecule has 2 aliphatic rings. The van der Waals surface area contributed by atoms with Crippen LogP contribution in [0.2, 0.25) is 0 Å². The van der Waals surface area contributed by atoms with Crippen molar-refractivity contribution in [2.45, 2.75) is 13.0 Å². The van der Waals surface area contributed by atoms with Crippen molar-refractivity contribution in [1.82, 2.24) is 15.1 Å². The monoisotopic (exact) mass is 265 g/mol. The highest BCUT2D eigenvalue weighted by atomic mass is 32.1. The molecule has 0 radical (unpaired) electrons. The van der Waals surface area contributed by atoms with Crippen LogP contribution >= 0.6 is 11.3 Å². The van der Waals surface area contributed by atoms with Crippen molar-refractivity contribution in [1.29, 1.82) is 0 Å². The average Bonchev–Trinajstić information content (AvgIpc) is 2.74. The molecule has 1 amide bonds. The van der Waals surface area contributed by atoms with E-state index in [1.54, 1.807) is 11.3 Å². The number of thiophene rings is 1. The van der Waals surface area contributed by atoms with Gasteiger partial charge >= 0.3 is 0 Å². The smallest absolute Gasteiger partial charge is 0.264 e. The molecule has 2 saturated heterocycles. The second-order valence-corrected chi connectivity index (χ2v) is 6.34. The lowest BCUT2D eigenvalue weighted by atomic mass is 10.1. The topological polar surface area (TPSA) is 35.6 Å². The van der Waals surface area contributed by atoms with Gasteiger partial charge in [-0.2, -0.15) is 0 Å². The maximum atomic E-state index is 12.3. The van der Waals surface area contributed by atoms with Crippen molar-refractivity contribution in [3.63, 3.8) is 0 Å². The van der Waals surface area contributed by atoms with Crippen molar-refractivity contribution in [2.24, 2.45) is 0 Å². The Bertz CT molecular complexity index is 433. The second-order valence-electron chi connectivity index (χ2n) is 5.05. The lowest BCUT2D eigenvalue weighted by Crippen LogP contribution is -2.62. The third-order valence-electron chi connectivity index (χ3n) is 3.83. The Morgan fingerprint density at radius 3 is 2.50 bits per heavy atom. The van der Waals surface area contributed by atoms with E-state index >= 15 is 0 Å². The first-order valence-corrected chi connectivity index (χ1v) is 7.36. The molecule has 1 aromatic heterocycles. The molecule has 5 heteroatoms. The Balaban J connectivity index is 1.57. The molecule has 3 rings (SSSR count). The summed E-state index contributed by atoms with van der Waals surface area (Å²) in [5, 5.41) is 3.30. The SMILES string of the molecule is Cc1ccc(C(=O)N2CCN(C3CNC3)CC2)s1. The quantitative estimate of drug-likeness (QED) is 0.858. The fourth-order valence-electron chi connectivity index (χ4n) is 2.53. The molecule has 0 aliphatic carbocycles. The molecule has 0 spiro atoms. The van der Waals surface area contributed by atoms with Crippen LogP contribution in [0.25, 0.3) is 0 Å². The zero-order valence-electron chi connectivity index (χ0n) is 10.7. The first-order chi connectivity index (χ1) is 8.74. The maximum Gasteiger partial charge on any atom is 0.264 e. The molecule has 0 unspecified atom stereocenters. The van der Waals surface area contributed by atoms with Crippen LogP contribution in [0.4, 0.5) is 0 Å². The van der Waals surface area contributed by atoms with Crippen LogP contribution in [0.5, 0.6) is 0 Å². The minimum absolute atomic E-state index is 0.208. The number of nitrogens with one attached hydrogen (secondary N) is 1. The summed E-state index contributed by atoms with van der Waals surface area (Å²) in [6.07, 6.45) is 0. The predicted molar refractivity (Wildman–Crippen MR) is 73.2 cm³/mol. The van der Waals surface area contributed by atoms with E-state index in [1.165, 1.54) is 4.88 Å². The van der Waals surface area contributed by atoms with Crippen LogP contribution in [0.1, 0.15) is 14.5 Å². The number of rotatable bonds is 2. The summed E-state index contributed by atoms with van der Waals surface area (Å²) in [5.41, 5.74) is 0. The van der Waals surface area contributed by atoms with E-state index in [0.29, 0.717) is 6.04 Å². The number of aryl methyl sites for hydroxylation is 1.